The Kier molecular flexibility index (Phi) is 7.52. The average molecular weight is 559 g/mol. The normalized spacial score (nSPS) is 21.1. The molecule has 0 aliphatic carbocycles. The molecule has 2 aliphatic rings. The number of thiazole rings is 1. The standard InChI is InChI=1S/C27H34N4O5S2/c1-18-15-19(2)17-31(16-18)38(33,34)21-7-5-20(6-8-21)26(32)29-11-13-30(14-12-29)27-28-24-22(35-3)9-10-23(36-4)25(24)37-27/h5-10,18-19H,11-17H2,1-4H3. The van der Waals surface area contributed by atoms with Gasteiger partial charge in [0.05, 0.1) is 19.1 Å². The number of hydrogen-bond acceptors (Lipinski definition) is 8. The average Bonchev–Trinajstić information content (AvgIpc) is 3.37. The van der Waals surface area contributed by atoms with Gasteiger partial charge in [-0.3, -0.25) is 4.79 Å². The maximum Gasteiger partial charge on any atom is 0.253 e. The summed E-state index contributed by atoms with van der Waals surface area (Å²) in [6.45, 7) is 7.63. The van der Waals surface area contributed by atoms with Crippen molar-refractivity contribution in [1.82, 2.24) is 14.2 Å². The smallest absolute Gasteiger partial charge is 0.253 e. The summed E-state index contributed by atoms with van der Waals surface area (Å²) in [6, 6.07) is 10.1. The summed E-state index contributed by atoms with van der Waals surface area (Å²) in [5.74, 6) is 2.03. The van der Waals surface area contributed by atoms with Crippen LogP contribution in [-0.2, 0) is 10.0 Å². The molecule has 204 valence electrons. The van der Waals surface area contributed by atoms with Crippen LogP contribution in [0.4, 0.5) is 5.13 Å². The number of nitrogens with zero attached hydrogens (tertiary/aromatic N) is 4. The Morgan fingerprint density at radius 2 is 1.53 bits per heavy atom. The molecule has 0 spiro atoms. The van der Waals surface area contributed by atoms with Crippen LogP contribution in [0, 0.1) is 11.8 Å². The molecule has 2 fully saturated rings. The number of piperidine rings is 1. The highest BCUT2D eigenvalue weighted by molar-refractivity contribution is 7.89. The number of methoxy groups -OCH3 is 2. The van der Waals surface area contributed by atoms with Gasteiger partial charge in [-0.05, 0) is 54.7 Å². The van der Waals surface area contributed by atoms with Gasteiger partial charge in [-0.15, -0.1) is 0 Å². The summed E-state index contributed by atoms with van der Waals surface area (Å²) in [6.07, 6.45) is 1.04. The summed E-state index contributed by atoms with van der Waals surface area (Å²) < 4.78 is 39.9. The molecule has 2 aromatic carbocycles. The van der Waals surface area contributed by atoms with E-state index in [0.29, 0.717) is 62.4 Å². The van der Waals surface area contributed by atoms with Crippen LogP contribution >= 0.6 is 11.3 Å². The molecular weight excluding hydrogens is 524 g/mol. The number of anilines is 1. The van der Waals surface area contributed by atoms with Crippen molar-refractivity contribution < 1.29 is 22.7 Å². The number of piperazine rings is 1. The molecule has 1 amide bonds. The molecule has 0 bridgehead atoms. The second-order valence-electron chi connectivity index (χ2n) is 10.2. The van der Waals surface area contributed by atoms with Crippen LogP contribution in [0.5, 0.6) is 11.5 Å². The van der Waals surface area contributed by atoms with Crippen LogP contribution in [0.3, 0.4) is 0 Å². The predicted molar refractivity (Wildman–Crippen MR) is 149 cm³/mol. The Hall–Kier alpha value is -2.89. The molecule has 3 heterocycles. The maximum atomic E-state index is 13.2. The SMILES string of the molecule is COc1ccc(OC)c2sc(N3CCN(C(=O)c4ccc(S(=O)(=O)N5CC(C)CC(C)C5)cc4)CC3)nc12. The van der Waals surface area contributed by atoms with E-state index in [1.807, 2.05) is 17.0 Å². The highest BCUT2D eigenvalue weighted by atomic mass is 32.2. The van der Waals surface area contributed by atoms with Crippen LogP contribution in [0.1, 0.15) is 30.6 Å². The summed E-state index contributed by atoms with van der Waals surface area (Å²) in [5, 5.41) is 0.866. The third-order valence-electron chi connectivity index (χ3n) is 7.31. The van der Waals surface area contributed by atoms with E-state index >= 15 is 0 Å². The summed E-state index contributed by atoms with van der Waals surface area (Å²) in [4.78, 5) is 22.2. The van der Waals surface area contributed by atoms with E-state index in [4.69, 9.17) is 14.5 Å². The van der Waals surface area contributed by atoms with Crippen LogP contribution in [0.2, 0.25) is 0 Å². The number of rotatable bonds is 6. The second kappa shape index (κ2) is 10.7. The van der Waals surface area contributed by atoms with E-state index in [2.05, 4.69) is 18.7 Å². The summed E-state index contributed by atoms with van der Waals surface area (Å²) >= 11 is 1.55. The third-order valence-corrected chi connectivity index (χ3v) is 10.3. The Labute approximate surface area is 228 Å². The Morgan fingerprint density at radius 3 is 2.13 bits per heavy atom. The van der Waals surface area contributed by atoms with Crippen LogP contribution in [-0.4, -0.2) is 82.0 Å². The van der Waals surface area contributed by atoms with Gasteiger partial charge < -0.3 is 19.3 Å². The second-order valence-corrected chi connectivity index (χ2v) is 13.1. The van der Waals surface area contributed by atoms with Gasteiger partial charge in [0.15, 0.2) is 5.13 Å². The molecule has 2 unspecified atom stereocenters. The lowest BCUT2D eigenvalue weighted by Gasteiger charge is -2.35. The first-order valence-electron chi connectivity index (χ1n) is 12.9. The molecule has 9 nitrogen and oxygen atoms in total. The first-order chi connectivity index (χ1) is 18.2. The fourth-order valence-corrected chi connectivity index (χ4v) is 8.22. The maximum absolute atomic E-state index is 13.2. The monoisotopic (exact) mass is 558 g/mol. The van der Waals surface area contributed by atoms with E-state index in [1.165, 1.54) is 0 Å². The van der Waals surface area contributed by atoms with Gasteiger partial charge in [0.25, 0.3) is 5.91 Å². The fraction of sp³-hybridized carbons (Fsp3) is 0.481. The Morgan fingerprint density at radius 1 is 0.921 bits per heavy atom. The van der Waals surface area contributed by atoms with Gasteiger partial charge in [0.2, 0.25) is 10.0 Å². The first kappa shape index (κ1) is 26.7. The minimum Gasteiger partial charge on any atom is -0.495 e. The zero-order chi connectivity index (χ0) is 27.0. The van der Waals surface area contributed by atoms with Gasteiger partial charge in [0.1, 0.15) is 21.7 Å². The van der Waals surface area contributed by atoms with Crippen LogP contribution < -0.4 is 14.4 Å². The quantitative estimate of drug-likeness (QED) is 0.453. The number of carbonyl (C=O) groups excluding carboxylic acids is 1. The van der Waals surface area contributed by atoms with Crippen molar-refractivity contribution in [1.29, 1.82) is 0 Å². The molecule has 5 rings (SSSR count). The zero-order valence-electron chi connectivity index (χ0n) is 22.2. The van der Waals surface area contributed by atoms with Gasteiger partial charge in [-0.25, -0.2) is 13.4 Å². The van der Waals surface area contributed by atoms with Gasteiger partial charge >= 0.3 is 0 Å². The minimum absolute atomic E-state index is 0.0959. The topological polar surface area (TPSA) is 92.3 Å². The number of hydrogen-bond donors (Lipinski definition) is 0. The summed E-state index contributed by atoms with van der Waals surface area (Å²) in [7, 11) is -0.310. The number of sulfonamides is 1. The first-order valence-corrected chi connectivity index (χ1v) is 15.1. The molecule has 2 saturated heterocycles. The van der Waals surface area contributed by atoms with Gasteiger partial charge in [0, 0.05) is 44.8 Å². The lowest BCUT2D eigenvalue weighted by molar-refractivity contribution is 0.0746. The zero-order valence-corrected chi connectivity index (χ0v) is 23.8. The van der Waals surface area contributed by atoms with Crippen molar-refractivity contribution in [3.05, 3.63) is 42.0 Å². The molecular formula is C27H34N4O5S2. The highest BCUT2D eigenvalue weighted by Crippen LogP contribution is 2.40. The number of aromatic nitrogens is 1. The highest BCUT2D eigenvalue weighted by Gasteiger charge is 2.32. The molecule has 0 N–H and O–H groups in total. The predicted octanol–water partition coefficient (Wildman–Crippen LogP) is 3.94. The van der Waals surface area contributed by atoms with Crippen LogP contribution in [0.25, 0.3) is 10.2 Å². The van der Waals surface area contributed by atoms with E-state index in [0.717, 1.165) is 27.5 Å². The largest absolute Gasteiger partial charge is 0.495 e. The fourth-order valence-electron chi connectivity index (χ4n) is 5.41. The van der Waals surface area contributed by atoms with Crippen molar-refractivity contribution in [2.45, 2.75) is 25.2 Å². The number of ether oxygens (including phenoxy) is 2. The van der Waals surface area contributed by atoms with E-state index < -0.39 is 10.0 Å². The van der Waals surface area contributed by atoms with E-state index in [9.17, 15) is 13.2 Å². The van der Waals surface area contributed by atoms with Crippen LogP contribution in [0.15, 0.2) is 41.3 Å². The van der Waals surface area contributed by atoms with Gasteiger partial charge in [-0.1, -0.05) is 25.2 Å². The lowest BCUT2D eigenvalue weighted by Crippen LogP contribution is -2.48. The van der Waals surface area contributed by atoms with Crippen molar-refractivity contribution in [2.75, 3.05) is 58.4 Å². The molecule has 3 aromatic rings. The Balaban J connectivity index is 1.25. The number of carbonyl (C=O) groups is 1. The van der Waals surface area contributed by atoms with Crippen molar-refractivity contribution in [2.24, 2.45) is 11.8 Å². The number of amides is 1. The summed E-state index contributed by atoms with van der Waals surface area (Å²) in [5.41, 5.74) is 1.26. The lowest BCUT2D eigenvalue weighted by atomic mass is 9.94. The van der Waals surface area contributed by atoms with Crippen molar-refractivity contribution in [3.8, 4) is 11.5 Å². The van der Waals surface area contributed by atoms with Crippen molar-refractivity contribution in [3.63, 3.8) is 0 Å². The molecule has 11 heteroatoms. The third kappa shape index (κ3) is 5.06. The molecule has 1 aromatic heterocycles. The molecule has 38 heavy (non-hydrogen) atoms. The van der Waals surface area contributed by atoms with Crippen molar-refractivity contribution >= 4 is 42.6 Å². The Bertz CT molecular complexity index is 1360. The minimum atomic E-state index is -3.58. The molecule has 2 aliphatic heterocycles. The van der Waals surface area contributed by atoms with E-state index in [1.54, 1.807) is 54.1 Å². The number of benzene rings is 2. The van der Waals surface area contributed by atoms with Gasteiger partial charge in [-0.2, -0.15) is 4.31 Å². The molecule has 0 radical (unpaired) electrons. The molecule has 2 atom stereocenters. The van der Waals surface area contributed by atoms with E-state index in [-0.39, 0.29) is 10.8 Å². The molecule has 0 saturated carbocycles. The number of fused-ring (bicyclic) bond motifs is 1.